The molecule has 0 aromatic rings. The summed E-state index contributed by atoms with van der Waals surface area (Å²) in [6.07, 6.45) is 2.70. The number of nitrogens with zero attached hydrogens (tertiary/aromatic N) is 1. The van der Waals surface area contributed by atoms with Crippen LogP contribution in [0.15, 0.2) is 0 Å². The lowest BCUT2D eigenvalue weighted by Gasteiger charge is -2.45. The molecular formula is C11H23N3. The van der Waals surface area contributed by atoms with Gasteiger partial charge in [0.25, 0.3) is 0 Å². The highest BCUT2D eigenvalue weighted by Gasteiger charge is 2.36. The molecule has 0 aliphatic carbocycles. The van der Waals surface area contributed by atoms with Gasteiger partial charge in [-0.3, -0.25) is 0 Å². The summed E-state index contributed by atoms with van der Waals surface area (Å²) in [5.41, 5.74) is 0.347. The summed E-state index contributed by atoms with van der Waals surface area (Å²) in [5.74, 6) is 0.853. The molecule has 0 aromatic carbocycles. The zero-order chi connectivity index (χ0) is 10.0. The average Bonchev–Trinajstić information content (AvgIpc) is 2.19. The molecule has 2 rings (SSSR count). The van der Waals surface area contributed by atoms with Crippen LogP contribution in [0.3, 0.4) is 0 Å². The Morgan fingerprint density at radius 2 is 1.93 bits per heavy atom. The lowest BCUT2D eigenvalue weighted by atomic mass is 9.78. The van der Waals surface area contributed by atoms with Crippen molar-refractivity contribution >= 4 is 0 Å². The van der Waals surface area contributed by atoms with Crippen molar-refractivity contribution in [1.82, 2.24) is 15.5 Å². The van der Waals surface area contributed by atoms with Gasteiger partial charge >= 0.3 is 0 Å². The summed E-state index contributed by atoms with van der Waals surface area (Å²) in [6.45, 7) is 8.31. The predicted octanol–water partition coefficient (Wildman–Crippen LogP) is 0.280. The van der Waals surface area contributed by atoms with Crippen LogP contribution in [0.25, 0.3) is 0 Å². The van der Waals surface area contributed by atoms with Crippen molar-refractivity contribution in [3.63, 3.8) is 0 Å². The van der Waals surface area contributed by atoms with Gasteiger partial charge in [0.15, 0.2) is 0 Å². The maximum absolute atomic E-state index is 3.70. The maximum atomic E-state index is 3.70. The van der Waals surface area contributed by atoms with Gasteiger partial charge in [0.1, 0.15) is 0 Å². The Balaban J connectivity index is 1.92. The van der Waals surface area contributed by atoms with Crippen LogP contribution in [-0.2, 0) is 0 Å². The molecule has 0 aromatic heterocycles. The summed E-state index contributed by atoms with van der Waals surface area (Å²) in [4.78, 5) is 2.44. The van der Waals surface area contributed by atoms with Crippen LogP contribution >= 0.6 is 0 Å². The molecule has 2 N–H and O–H groups in total. The highest BCUT2D eigenvalue weighted by atomic mass is 15.1. The van der Waals surface area contributed by atoms with Crippen LogP contribution in [-0.4, -0.2) is 50.2 Å². The summed E-state index contributed by atoms with van der Waals surface area (Å²) < 4.78 is 0. The highest BCUT2D eigenvalue weighted by molar-refractivity contribution is 4.96. The first kappa shape index (κ1) is 10.4. The first-order valence-electron chi connectivity index (χ1n) is 5.85. The second kappa shape index (κ2) is 4.17. The zero-order valence-electron chi connectivity index (χ0n) is 9.47. The van der Waals surface area contributed by atoms with E-state index in [2.05, 4.69) is 29.5 Å². The summed E-state index contributed by atoms with van der Waals surface area (Å²) in [6, 6.07) is 0. The number of piperidine rings is 1. The van der Waals surface area contributed by atoms with Crippen molar-refractivity contribution in [2.24, 2.45) is 5.92 Å². The lowest BCUT2D eigenvalue weighted by molar-refractivity contribution is 0.118. The molecule has 2 aliphatic rings. The Kier molecular flexibility index (Phi) is 3.10. The fourth-order valence-corrected chi connectivity index (χ4v) is 2.78. The smallest absolute Gasteiger partial charge is 0.0307 e. The van der Waals surface area contributed by atoms with E-state index in [0.29, 0.717) is 5.54 Å². The molecule has 0 bridgehead atoms. The van der Waals surface area contributed by atoms with Gasteiger partial charge in [0.05, 0.1) is 0 Å². The predicted molar refractivity (Wildman–Crippen MR) is 59.5 cm³/mol. The third kappa shape index (κ3) is 2.10. The number of rotatable bonds is 1. The van der Waals surface area contributed by atoms with Crippen molar-refractivity contribution in [2.75, 3.05) is 39.8 Å². The summed E-state index contributed by atoms with van der Waals surface area (Å²) in [5, 5.41) is 7.21. The molecule has 14 heavy (non-hydrogen) atoms. The first-order chi connectivity index (χ1) is 6.71. The topological polar surface area (TPSA) is 27.3 Å². The third-order valence-corrected chi connectivity index (χ3v) is 3.94. The minimum Gasteiger partial charge on any atom is -0.314 e. The van der Waals surface area contributed by atoms with Crippen LogP contribution in [0.1, 0.15) is 19.8 Å². The lowest BCUT2D eigenvalue weighted by Crippen LogP contribution is -2.62. The van der Waals surface area contributed by atoms with Gasteiger partial charge in [0, 0.05) is 25.2 Å². The Bertz CT molecular complexity index is 179. The quantitative estimate of drug-likeness (QED) is 0.632. The number of piperazine rings is 1. The van der Waals surface area contributed by atoms with E-state index in [1.807, 2.05) is 0 Å². The van der Waals surface area contributed by atoms with Gasteiger partial charge in [-0.05, 0) is 45.8 Å². The minimum atomic E-state index is 0.347. The number of hydrogen-bond donors (Lipinski definition) is 2. The van der Waals surface area contributed by atoms with Gasteiger partial charge in [-0.1, -0.05) is 0 Å². The fourth-order valence-electron chi connectivity index (χ4n) is 2.78. The van der Waals surface area contributed by atoms with E-state index >= 15 is 0 Å². The van der Waals surface area contributed by atoms with E-state index in [4.69, 9.17) is 0 Å². The van der Waals surface area contributed by atoms with E-state index in [1.54, 1.807) is 0 Å². The molecule has 0 spiro atoms. The fraction of sp³-hybridized carbons (Fsp3) is 1.00. The Morgan fingerprint density at radius 1 is 1.21 bits per heavy atom. The second-order valence-corrected chi connectivity index (χ2v) is 5.10. The molecule has 0 saturated carbocycles. The average molecular weight is 197 g/mol. The van der Waals surface area contributed by atoms with Crippen molar-refractivity contribution in [1.29, 1.82) is 0 Å². The Labute approximate surface area is 87.2 Å². The molecule has 0 amide bonds. The number of hydrogen-bond acceptors (Lipinski definition) is 3. The largest absolute Gasteiger partial charge is 0.314 e. The van der Waals surface area contributed by atoms with Gasteiger partial charge in [-0.15, -0.1) is 0 Å². The van der Waals surface area contributed by atoms with Crippen molar-refractivity contribution in [3.05, 3.63) is 0 Å². The van der Waals surface area contributed by atoms with Crippen LogP contribution in [0.2, 0.25) is 0 Å². The monoisotopic (exact) mass is 197 g/mol. The Morgan fingerprint density at radius 3 is 2.50 bits per heavy atom. The Hall–Kier alpha value is -0.120. The van der Waals surface area contributed by atoms with Crippen LogP contribution in [0, 0.1) is 5.92 Å². The maximum Gasteiger partial charge on any atom is 0.0307 e. The highest BCUT2D eigenvalue weighted by Crippen LogP contribution is 2.28. The number of likely N-dealkylation sites (tertiary alicyclic amines) is 1. The summed E-state index contributed by atoms with van der Waals surface area (Å²) >= 11 is 0. The molecule has 0 radical (unpaired) electrons. The standard InChI is InChI=1S/C11H23N3/c1-11(9-12-5-6-13-11)10-3-7-14(2)8-4-10/h10,12-13H,3-9H2,1-2H3. The number of nitrogens with one attached hydrogen (secondary N) is 2. The van der Waals surface area contributed by atoms with Gasteiger partial charge in [-0.2, -0.15) is 0 Å². The molecular weight excluding hydrogens is 174 g/mol. The van der Waals surface area contributed by atoms with Gasteiger partial charge in [-0.25, -0.2) is 0 Å². The molecule has 1 unspecified atom stereocenters. The molecule has 3 heteroatoms. The minimum absolute atomic E-state index is 0.347. The van der Waals surface area contributed by atoms with E-state index in [1.165, 1.54) is 25.9 Å². The molecule has 82 valence electrons. The second-order valence-electron chi connectivity index (χ2n) is 5.10. The van der Waals surface area contributed by atoms with E-state index < -0.39 is 0 Å². The molecule has 3 nitrogen and oxygen atoms in total. The van der Waals surface area contributed by atoms with Crippen molar-refractivity contribution < 1.29 is 0 Å². The molecule has 2 aliphatic heterocycles. The normalized spacial score (nSPS) is 37.3. The van der Waals surface area contributed by atoms with E-state index in [9.17, 15) is 0 Å². The van der Waals surface area contributed by atoms with Gasteiger partial charge < -0.3 is 15.5 Å². The third-order valence-electron chi connectivity index (χ3n) is 3.94. The molecule has 2 saturated heterocycles. The summed E-state index contributed by atoms with van der Waals surface area (Å²) in [7, 11) is 2.23. The van der Waals surface area contributed by atoms with E-state index in [-0.39, 0.29) is 0 Å². The SMILES string of the molecule is CN1CCC(C2(C)CNCCN2)CC1. The van der Waals surface area contributed by atoms with E-state index in [0.717, 1.165) is 25.6 Å². The molecule has 2 fully saturated rings. The van der Waals surface area contributed by atoms with Crippen LogP contribution < -0.4 is 10.6 Å². The van der Waals surface area contributed by atoms with Crippen LogP contribution in [0.4, 0.5) is 0 Å². The first-order valence-corrected chi connectivity index (χ1v) is 5.85. The molecule has 1 atom stereocenters. The molecule has 2 heterocycles. The van der Waals surface area contributed by atoms with Crippen molar-refractivity contribution in [3.8, 4) is 0 Å². The van der Waals surface area contributed by atoms with Crippen molar-refractivity contribution in [2.45, 2.75) is 25.3 Å². The van der Waals surface area contributed by atoms with Gasteiger partial charge in [0.2, 0.25) is 0 Å². The van der Waals surface area contributed by atoms with Crippen LogP contribution in [0.5, 0.6) is 0 Å². The zero-order valence-corrected chi connectivity index (χ0v) is 9.47.